The highest BCUT2D eigenvalue weighted by Crippen LogP contribution is 2.17. The van der Waals surface area contributed by atoms with Gasteiger partial charge in [0.15, 0.2) is 0 Å². The van der Waals surface area contributed by atoms with E-state index in [2.05, 4.69) is 5.32 Å². The number of hydrogen-bond donors (Lipinski definition) is 3. The van der Waals surface area contributed by atoms with Gasteiger partial charge in [-0.3, -0.25) is 5.21 Å². The first-order valence-corrected chi connectivity index (χ1v) is 3.03. The van der Waals surface area contributed by atoms with Gasteiger partial charge in [-0.1, -0.05) is 0 Å². The highest BCUT2D eigenvalue weighted by Gasteiger charge is 2.18. The molecule has 3 N–H and O–H groups in total. The summed E-state index contributed by atoms with van der Waals surface area (Å²) in [5, 5.41) is 10.6. The maximum Gasteiger partial charge on any atom is 0.338 e. The van der Waals surface area contributed by atoms with Crippen LogP contribution in [0.3, 0.4) is 0 Å². The quantitative estimate of drug-likeness (QED) is 0.351. The third-order valence-corrected chi connectivity index (χ3v) is 1.54. The molecule has 0 spiro atoms. The van der Waals surface area contributed by atoms with Gasteiger partial charge in [0.05, 0.1) is 0 Å². The highest BCUT2D eigenvalue weighted by atomic mass is 16.5. The van der Waals surface area contributed by atoms with E-state index in [4.69, 9.17) is 5.21 Å². The lowest BCUT2D eigenvalue weighted by Gasteiger charge is -2.25. The summed E-state index contributed by atoms with van der Waals surface area (Å²) in [4.78, 5) is 10.3. The zero-order valence-electron chi connectivity index (χ0n) is 5.05. The molecule has 0 aromatic carbocycles. The van der Waals surface area contributed by atoms with Gasteiger partial charge >= 0.3 is 6.03 Å². The maximum absolute atomic E-state index is 10.3. The Hall–Kier alpha value is -0.770. The molecule has 0 saturated heterocycles. The topological polar surface area (TPSA) is 61.4 Å². The zero-order valence-corrected chi connectivity index (χ0v) is 5.05. The van der Waals surface area contributed by atoms with Gasteiger partial charge in [-0.25, -0.2) is 10.3 Å². The van der Waals surface area contributed by atoms with E-state index >= 15 is 0 Å². The second-order valence-corrected chi connectivity index (χ2v) is 2.21. The van der Waals surface area contributed by atoms with Crippen molar-refractivity contribution in [2.24, 2.45) is 0 Å². The molecular weight excluding hydrogens is 120 g/mol. The van der Waals surface area contributed by atoms with E-state index in [1.165, 1.54) is 11.9 Å². The van der Waals surface area contributed by atoms with E-state index in [0.29, 0.717) is 0 Å². The summed E-state index contributed by atoms with van der Waals surface area (Å²) in [7, 11) is 0. The van der Waals surface area contributed by atoms with E-state index in [1.54, 1.807) is 0 Å². The van der Waals surface area contributed by atoms with Crippen molar-refractivity contribution in [2.75, 3.05) is 0 Å². The molecule has 0 aromatic heterocycles. The molecule has 1 rings (SSSR count). The fraction of sp³-hybridized carbons (Fsp3) is 0.800. The fourth-order valence-corrected chi connectivity index (χ4v) is 0.770. The monoisotopic (exact) mass is 130 g/mol. The van der Waals surface area contributed by atoms with Crippen molar-refractivity contribution < 1.29 is 10.0 Å². The second-order valence-electron chi connectivity index (χ2n) is 2.21. The lowest BCUT2D eigenvalue weighted by molar-refractivity contribution is 0.154. The van der Waals surface area contributed by atoms with Gasteiger partial charge in [-0.05, 0) is 19.3 Å². The summed E-state index contributed by atoms with van der Waals surface area (Å²) >= 11 is 0. The molecule has 2 amide bonds. The molecule has 0 atom stereocenters. The number of carbonyl (C=O) groups excluding carboxylic acids is 1. The van der Waals surface area contributed by atoms with Gasteiger partial charge in [0.2, 0.25) is 0 Å². The Labute approximate surface area is 53.2 Å². The third kappa shape index (κ3) is 1.57. The first-order chi connectivity index (χ1) is 4.33. The molecule has 1 aliphatic carbocycles. The molecule has 0 aliphatic heterocycles. The van der Waals surface area contributed by atoms with Gasteiger partial charge in [0, 0.05) is 6.04 Å². The Morgan fingerprint density at radius 3 is 2.56 bits per heavy atom. The minimum atomic E-state index is -0.500. The van der Waals surface area contributed by atoms with Crippen molar-refractivity contribution in [3.05, 3.63) is 0 Å². The molecule has 0 unspecified atom stereocenters. The van der Waals surface area contributed by atoms with Crippen molar-refractivity contribution in [2.45, 2.75) is 25.3 Å². The minimum absolute atomic E-state index is 0.289. The standard InChI is InChI=1S/C5H10N2O2/c8-5(7-9)6-4-2-1-3-4/h4,9H,1-3H2,(H2,6,7,8). The van der Waals surface area contributed by atoms with Crippen LogP contribution in [-0.2, 0) is 0 Å². The van der Waals surface area contributed by atoms with Gasteiger partial charge < -0.3 is 5.32 Å². The fourth-order valence-electron chi connectivity index (χ4n) is 0.770. The highest BCUT2D eigenvalue weighted by molar-refractivity contribution is 5.72. The van der Waals surface area contributed by atoms with Crippen LogP contribution in [0.25, 0.3) is 0 Å². The van der Waals surface area contributed by atoms with Crippen molar-refractivity contribution >= 4 is 6.03 Å². The SMILES string of the molecule is O=C(NO)NC1CCC1. The Morgan fingerprint density at radius 2 is 2.22 bits per heavy atom. The molecule has 1 saturated carbocycles. The van der Waals surface area contributed by atoms with Crippen LogP contribution in [0.4, 0.5) is 4.79 Å². The zero-order chi connectivity index (χ0) is 6.69. The van der Waals surface area contributed by atoms with Crippen LogP contribution in [0.1, 0.15) is 19.3 Å². The van der Waals surface area contributed by atoms with Crippen LogP contribution in [0.15, 0.2) is 0 Å². The summed E-state index contributed by atoms with van der Waals surface area (Å²) in [6, 6.07) is -0.211. The van der Waals surface area contributed by atoms with Crippen LogP contribution in [0.2, 0.25) is 0 Å². The average molecular weight is 130 g/mol. The van der Waals surface area contributed by atoms with Crippen molar-refractivity contribution in [1.82, 2.24) is 10.8 Å². The number of amides is 2. The first-order valence-electron chi connectivity index (χ1n) is 3.03. The Morgan fingerprint density at radius 1 is 1.56 bits per heavy atom. The van der Waals surface area contributed by atoms with Crippen LogP contribution in [0.5, 0.6) is 0 Å². The summed E-state index contributed by atoms with van der Waals surface area (Å²) in [5.74, 6) is 0. The average Bonchev–Trinajstić information content (AvgIpc) is 1.78. The van der Waals surface area contributed by atoms with E-state index in [0.717, 1.165) is 12.8 Å². The predicted molar refractivity (Wildman–Crippen MR) is 31.1 cm³/mol. The lowest BCUT2D eigenvalue weighted by atomic mass is 9.93. The Balaban J connectivity index is 2.09. The summed E-state index contributed by atoms with van der Waals surface area (Å²) in [6.07, 6.45) is 3.25. The van der Waals surface area contributed by atoms with Gasteiger partial charge in [0.1, 0.15) is 0 Å². The number of nitrogens with one attached hydrogen (secondary N) is 2. The molecule has 1 fully saturated rings. The van der Waals surface area contributed by atoms with E-state index < -0.39 is 6.03 Å². The minimum Gasteiger partial charge on any atom is -0.334 e. The number of hydroxylamine groups is 1. The predicted octanol–water partition coefficient (Wildman–Crippen LogP) is 0.227. The van der Waals surface area contributed by atoms with Crippen LogP contribution in [-0.4, -0.2) is 17.3 Å². The van der Waals surface area contributed by atoms with E-state index in [1.807, 2.05) is 0 Å². The number of carbonyl (C=O) groups is 1. The van der Waals surface area contributed by atoms with Gasteiger partial charge in [0.25, 0.3) is 0 Å². The van der Waals surface area contributed by atoms with Crippen molar-refractivity contribution in [3.8, 4) is 0 Å². The molecule has 0 radical (unpaired) electrons. The normalized spacial score (nSPS) is 18.3. The second kappa shape index (κ2) is 2.68. The lowest BCUT2D eigenvalue weighted by Crippen LogP contribution is -2.44. The smallest absolute Gasteiger partial charge is 0.334 e. The van der Waals surface area contributed by atoms with Crippen LogP contribution in [0, 0.1) is 0 Å². The molecule has 0 aromatic rings. The van der Waals surface area contributed by atoms with Crippen LogP contribution >= 0.6 is 0 Å². The van der Waals surface area contributed by atoms with Crippen molar-refractivity contribution in [3.63, 3.8) is 0 Å². The Kier molecular flexibility index (Phi) is 1.89. The third-order valence-electron chi connectivity index (χ3n) is 1.54. The van der Waals surface area contributed by atoms with E-state index in [-0.39, 0.29) is 6.04 Å². The molecule has 1 aliphatic rings. The molecule has 0 bridgehead atoms. The largest absolute Gasteiger partial charge is 0.338 e. The summed E-state index contributed by atoms with van der Waals surface area (Å²) in [6.45, 7) is 0. The van der Waals surface area contributed by atoms with Gasteiger partial charge in [-0.2, -0.15) is 0 Å². The number of rotatable bonds is 1. The first kappa shape index (κ1) is 6.35. The summed E-state index contributed by atoms with van der Waals surface area (Å²) < 4.78 is 0. The number of urea groups is 1. The molecule has 4 heteroatoms. The molecule has 9 heavy (non-hydrogen) atoms. The molecule has 4 nitrogen and oxygen atoms in total. The van der Waals surface area contributed by atoms with Crippen molar-refractivity contribution in [1.29, 1.82) is 0 Å². The molecule has 52 valence electrons. The van der Waals surface area contributed by atoms with E-state index in [9.17, 15) is 4.79 Å². The maximum atomic E-state index is 10.3. The number of hydrogen-bond acceptors (Lipinski definition) is 2. The van der Waals surface area contributed by atoms with Crippen LogP contribution < -0.4 is 10.8 Å². The van der Waals surface area contributed by atoms with Gasteiger partial charge in [-0.15, -0.1) is 0 Å². The summed E-state index contributed by atoms with van der Waals surface area (Å²) in [5.41, 5.74) is 1.51. The molecular formula is C5H10N2O2. The molecule has 0 heterocycles. The Bertz CT molecular complexity index is 112.